The molecule has 3 N–H and O–H groups in total. The van der Waals surface area contributed by atoms with Crippen LogP contribution in [0.4, 0.5) is 10.1 Å². The van der Waals surface area contributed by atoms with Crippen molar-refractivity contribution < 1.29 is 19.4 Å². The second kappa shape index (κ2) is 5.39. The van der Waals surface area contributed by atoms with Crippen LogP contribution in [0.2, 0.25) is 0 Å². The summed E-state index contributed by atoms with van der Waals surface area (Å²) in [7, 11) is 0. The number of nitrogens with one attached hydrogen (secondary N) is 1. The number of carboxylic acids is 1. The Morgan fingerprint density at radius 3 is 2.53 bits per heavy atom. The van der Waals surface area contributed by atoms with E-state index in [0.717, 1.165) is 0 Å². The molecular formula is C14H12FNO3. The zero-order valence-corrected chi connectivity index (χ0v) is 9.88. The zero-order chi connectivity index (χ0) is 13.8. The van der Waals surface area contributed by atoms with Crippen LogP contribution in [0.1, 0.15) is 11.6 Å². The summed E-state index contributed by atoms with van der Waals surface area (Å²) in [5.41, 5.74) is 0.439. The van der Waals surface area contributed by atoms with Crippen molar-refractivity contribution in [2.24, 2.45) is 0 Å². The largest absolute Gasteiger partial charge is 0.508 e. The molecule has 1 unspecified atom stereocenters. The van der Waals surface area contributed by atoms with E-state index in [4.69, 9.17) is 0 Å². The molecule has 19 heavy (non-hydrogen) atoms. The van der Waals surface area contributed by atoms with Crippen molar-refractivity contribution in [1.82, 2.24) is 0 Å². The fraction of sp³-hybridized carbons (Fsp3) is 0.0714. The number of rotatable bonds is 4. The molecule has 0 fully saturated rings. The summed E-state index contributed by atoms with van der Waals surface area (Å²) in [6.07, 6.45) is 0. The Bertz CT molecular complexity index is 601. The molecular weight excluding hydrogens is 249 g/mol. The van der Waals surface area contributed by atoms with Crippen LogP contribution < -0.4 is 5.32 Å². The first-order valence-corrected chi connectivity index (χ1v) is 5.61. The van der Waals surface area contributed by atoms with Crippen LogP contribution in [0, 0.1) is 5.82 Å². The Kier molecular flexibility index (Phi) is 3.66. The average Bonchev–Trinajstić information content (AvgIpc) is 2.37. The molecule has 2 aromatic carbocycles. The summed E-state index contributed by atoms with van der Waals surface area (Å²) < 4.78 is 13.5. The number of aliphatic carboxylic acids is 1. The molecule has 0 aliphatic carbocycles. The first-order chi connectivity index (χ1) is 9.08. The topological polar surface area (TPSA) is 69.6 Å². The van der Waals surface area contributed by atoms with E-state index in [9.17, 15) is 19.4 Å². The molecule has 0 saturated heterocycles. The third-order valence-corrected chi connectivity index (χ3v) is 2.62. The van der Waals surface area contributed by atoms with Gasteiger partial charge in [0.05, 0.1) is 5.69 Å². The van der Waals surface area contributed by atoms with Crippen molar-refractivity contribution in [3.63, 3.8) is 0 Å². The van der Waals surface area contributed by atoms with Crippen LogP contribution >= 0.6 is 0 Å². The van der Waals surface area contributed by atoms with E-state index in [2.05, 4.69) is 5.32 Å². The van der Waals surface area contributed by atoms with E-state index in [1.54, 1.807) is 12.1 Å². The van der Waals surface area contributed by atoms with Gasteiger partial charge in [-0.2, -0.15) is 0 Å². The predicted octanol–water partition coefficient (Wildman–Crippen LogP) is 2.77. The normalized spacial score (nSPS) is 11.8. The monoisotopic (exact) mass is 261 g/mol. The molecule has 5 heteroatoms. The molecule has 1 atom stereocenters. The molecule has 0 bridgehead atoms. The summed E-state index contributed by atoms with van der Waals surface area (Å²) in [5, 5.41) is 21.2. The van der Waals surface area contributed by atoms with Crippen LogP contribution in [0.15, 0.2) is 48.5 Å². The first-order valence-electron chi connectivity index (χ1n) is 5.61. The van der Waals surface area contributed by atoms with Gasteiger partial charge in [-0.15, -0.1) is 0 Å². The maximum absolute atomic E-state index is 13.5. The highest BCUT2D eigenvalue weighted by molar-refractivity contribution is 5.79. The minimum absolute atomic E-state index is 0.0425. The quantitative estimate of drug-likeness (QED) is 0.791. The van der Waals surface area contributed by atoms with Crippen molar-refractivity contribution in [2.45, 2.75) is 6.04 Å². The third kappa shape index (κ3) is 3.01. The Hall–Kier alpha value is -2.56. The molecule has 0 aliphatic rings. The van der Waals surface area contributed by atoms with Gasteiger partial charge in [0.15, 0.2) is 6.04 Å². The fourth-order valence-electron chi connectivity index (χ4n) is 1.73. The van der Waals surface area contributed by atoms with Gasteiger partial charge in [-0.1, -0.05) is 24.3 Å². The first kappa shape index (κ1) is 12.9. The predicted molar refractivity (Wildman–Crippen MR) is 68.5 cm³/mol. The molecule has 0 amide bonds. The minimum atomic E-state index is -1.16. The minimum Gasteiger partial charge on any atom is -0.508 e. The number of para-hydroxylation sites is 1. The second-order valence-corrected chi connectivity index (χ2v) is 3.99. The van der Waals surface area contributed by atoms with E-state index < -0.39 is 17.8 Å². The molecule has 0 saturated carbocycles. The second-order valence-electron chi connectivity index (χ2n) is 3.99. The highest BCUT2D eigenvalue weighted by atomic mass is 19.1. The molecule has 2 rings (SSSR count). The summed E-state index contributed by atoms with van der Waals surface area (Å²) in [5.74, 6) is -1.73. The number of phenols is 1. The number of aromatic hydroxyl groups is 1. The number of carboxylic acid groups (broad SMARTS) is 1. The maximum atomic E-state index is 13.5. The van der Waals surface area contributed by atoms with Crippen molar-refractivity contribution in [2.75, 3.05) is 5.32 Å². The van der Waals surface area contributed by atoms with Gasteiger partial charge in [0, 0.05) is 0 Å². The van der Waals surface area contributed by atoms with Gasteiger partial charge < -0.3 is 15.5 Å². The van der Waals surface area contributed by atoms with E-state index in [0.29, 0.717) is 5.56 Å². The van der Waals surface area contributed by atoms with Crippen molar-refractivity contribution in [3.8, 4) is 5.75 Å². The van der Waals surface area contributed by atoms with Gasteiger partial charge in [0.1, 0.15) is 11.6 Å². The van der Waals surface area contributed by atoms with Crippen LogP contribution in [0.25, 0.3) is 0 Å². The molecule has 0 spiro atoms. The zero-order valence-electron chi connectivity index (χ0n) is 9.88. The van der Waals surface area contributed by atoms with Gasteiger partial charge in [0.2, 0.25) is 0 Å². The van der Waals surface area contributed by atoms with Crippen LogP contribution in [-0.2, 0) is 4.79 Å². The number of phenolic OH excluding ortho intramolecular Hbond substituents is 1. The summed E-state index contributed by atoms with van der Waals surface area (Å²) >= 11 is 0. The van der Waals surface area contributed by atoms with Crippen molar-refractivity contribution in [3.05, 3.63) is 59.9 Å². The molecule has 0 aliphatic heterocycles. The van der Waals surface area contributed by atoms with Crippen molar-refractivity contribution in [1.29, 1.82) is 0 Å². The lowest BCUT2D eigenvalue weighted by atomic mass is 10.1. The van der Waals surface area contributed by atoms with E-state index in [1.807, 2.05) is 0 Å². The number of benzene rings is 2. The van der Waals surface area contributed by atoms with Crippen LogP contribution in [0.3, 0.4) is 0 Å². The van der Waals surface area contributed by atoms with E-state index in [-0.39, 0.29) is 11.4 Å². The van der Waals surface area contributed by atoms with Gasteiger partial charge in [0.25, 0.3) is 0 Å². The SMILES string of the molecule is O=C(O)C(Nc1ccccc1F)c1cccc(O)c1. The molecule has 98 valence electrons. The number of halogens is 1. The lowest BCUT2D eigenvalue weighted by Crippen LogP contribution is -2.21. The number of anilines is 1. The Morgan fingerprint density at radius 1 is 1.16 bits per heavy atom. The average molecular weight is 261 g/mol. The highest BCUT2D eigenvalue weighted by Crippen LogP contribution is 2.24. The summed E-state index contributed by atoms with van der Waals surface area (Å²) in [4.78, 5) is 11.3. The Labute approximate surface area is 109 Å². The van der Waals surface area contributed by atoms with Gasteiger partial charge in [-0.25, -0.2) is 9.18 Å². The third-order valence-electron chi connectivity index (χ3n) is 2.62. The van der Waals surface area contributed by atoms with Crippen molar-refractivity contribution >= 4 is 11.7 Å². The summed E-state index contributed by atoms with van der Waals surface area (Å²) in [6.45, 7) is 0. The maximum Gasteiger partial charge on any atom is 0.330 e. The lowest BCUT2D eigenvalue weighted by Gasteiger charge is -2.16. The van der Waals surface area contributed by atoms with Crippen LogP contribution in [-0.4, -0.2) is 16.2 Å². The molecule has 0 aromatic heterocycles. The lowest BCUT2D eigenvalue weighted by molar-refractivity contribution is -0.138. The van der Waals surface area contributed by atoms with E-state index in [1.165, 1.54) is 36.4 Å². The van der Waals surface area contributed by atoms with Crippen LogP contribution in [0.5, 0.6) is 5.75 Å². The standard InChI is InChI=1S/C14H12FNO3/c15-11-6-1-2-7-12(11)16-13(14(18)19)9-4-3-5-10(17)8-9/h1-8,13,16-17H,(H,18,19). The summed E-state index contributed by atoms with van der Waals surface area (Å²) in [6, 6.07) is 10.5. The Balaban J connectivity index is 2.32. The smallest absolute Gasteiger partial charge is 0.330 e. The molecule has 2 aromatic rings. The van der Waals surface area contributed by atoms with Gasteiger partial charge in [-0.3, -0.25) is 0 Å². The van der Waals surface area contributed by atoms with E-state index >= 15 is 0 Å². The number of hydrogen-bond acceptors (Lipinski definition) is 3. The molecule has 0 heterocycles. The highest BCUT2D eigenvalue weighted by Gasteiger charge is 2.21. The van der Waals surface area contributed by atoms with Gasteiger partial charge >= 0.3 is 5.97 Å². The number of hydrogen-bond donors (Lipinski definition) is 3. The van der Waals surface area contributed by atoms with Gasteiger partial charge in [-0.05, 0) is 29.8 Å². The Morgan fingerprint density at radius 2 is 1.89 bits per heavy atom. The number of carbonyl (C=O) groups is 1. The molecule has 0 radical (unpaired) electrons. The molecule has 4 nitrogen and oxygen atoms in total. The fourth-order valence-corrected chi connectivity index (χ4v) is 1.73.